The molecule has 88 valence electrons. The summed E-state index contributed by atoms with van der Waals surface area (Å²) in [6.07, 6.45) is -4.45. The first-order valence-corrected chi connectivity index (χ1v) is 5.80. The van der Waals surface area contributed by atoms with Crippen molar-refractivity contribution in [1.29, 1.82) is 0 Å². The Kier molecular flexibility index (Phi) is 4.23. The summed E-state index contributed by atoms with van der Waals surface area (Å²) in [7, 11) is 0. The van der Waals surface area contributed by atoms with Crippen LogP contribution in [-0.2, 0) is 6.18 Å². The lowest BCUT2D eigenvalue weighted by Gasteiger charge is -2.10. The van der Waals surface area contributed by atoms with E-state index in [-0.39, 0.29) is 5.56 Å². The quantitative estimate of drug-likeness (QED) is 0.439. The van der Waals surface area contributed by atoms with E-state index in [4.69, 9.17) is 11.6 Å². The first-order valence-electron chi connectivity index (χ1n) is 4.28. The maximum absolute atomic E-state index is 12.4. The second kappa shape index (κ2) is 4.91. The summed E-state index contributed by atoms with van der Waals surface area (Å²) in [6, 6.07) is 3.04. The number of halogens is 5. The molecule has 0 N–H and O–H groups in total. The van der Waals surface area contributed by atoms with Crippen LogP contribution in [0.3, 0.4) is 0 Å². The van der Waals surface area contributed by atoms with E-state index in [1.54, 1.807) is 22.6 Å². The summed E-state index contributed by atoms with van der Waals surface area (Å²) in [5.41, 5.74) is -0.827. The van der Waals surface area contributed by atoms with E-state index in [1.807, 2.05) is 0 Å². The lowest BCUT2D eigenvalue weighted by atomic mass is 10.1. The zero-order chi connectivity index (χ0) is 12.5. The Morgan fingerprint density at radius 2 is 2.00 bits per heavy atom. The Bertz CT molecular complexity index is 415. The highest BCUT2D eigenvalue weighted by Gasteiger charge is 2.31. The van der Waals surface area contributed by atoms with Crippen molar-refractivity contribution in [3.05, 3.63) is 32.9 Å². The standard InChI is InChI=1S/C10H7ClF3IO/c1-5(11)9(16)7-4-6(10(12,13)14)2-3-8(7)15/h2-5H,1H3. The molecule has 0 fully saturated rings. The fraction of sp³-hybridized carbons (Fsp3) is 0.300. The third-order valence-electron chi connectivity index (χ3n) is 1.92. The maximum atomic E-state index is 12.4. The minimum atomic E-state index is -4.45. The number of carbonyl (C=O) groups excluding carboxylic acids is 1. The van der Waals surface area contributed by atoms with Gasteiger partial charge in [0.15, 0.2) is 5.78 Å². The van der Waals surface area contributed by atoms with E-state index in [0.29, 0.717) is 3.57 Å². The number of benzene rings is 1. The number of Topliss-reactive ketones (excluding diaryl/α,β-unsaturated/α-hetero) is 1. The number of hydrogen-bond acceptors (Lipinski definition) is 1. The fourth-order valence-corrected chi connectivity index (χ4v) is 1.82. The van der Waals surface area contributed by atoms with E-state index >= 15 is 0 Å². The molecular weight excluding hydrogens is 355 g/mol. The number of ketones is 1. The van der Waals surface area contributed by atoms with Crippen molar-refractivity contribution in [3.8, 4) is 0 Å². The van der Waals surface area contributed by atoms with Gasteiger partial charge in [0.2, 0.25) is 0 Å². The van der Waals surface area contributed by atoms with Crippen molar-refractivity contribution in [2.45, 2.75) is 18.5 Å². The highest BCUT2D eigenvalue weighted by Crippen LogP contribution is 2.31. The molecule has 0 heterocycles. The van der Waals surface area contributed by atoms with Gasteiger partial charge in [-0.05, 0) is 47.7 Å². The molecule has 0 aliphatic rings. The third kappa shape index (κ3) is 3.10. The van der Waals surface area contributed by atoms with E-state index in [2.05, 4.69) is 0 Å². The van der Waals surface area contributed by atoms with Gasteiger partial charge in [0.1, 0.15) is 0 Å². The molecule has 0 bridgehead atoms. The summed E-state index contributed by atoms with van der Waals surface area (Å²) in [5.74, 6) is -0.503. The zero-order valence-electron chi connectivity index (χ0n) is 8.11. The van der Waals surface area contributed by atoms with E-state index in [1.165, 1.54) is 13.0 Å². The van der Waals surface area contributed by atoms with Gasteiger partial charge >= 0.3 is 6.18 Å². The SMILES string of the molecule is CC(Cl)C(=O)c1cc(C(F)(F)F)ccc1I. The van der Waals surface area contributed by atoms with Gasteiger partial charge in [0, 0.05) is 9.13 Å². The number of rotatable bonds is 2. The second-order valence-electron chi connectivity index (χ2n) is 3.17. The molecule has 1 unspecified atom stereocenters. The lowest BCUT2D eigenvalue weighted by molar-refractivity contribution is -0.137. The molecule has 1 rings (SSSR count). The van der Waals surface area contributed by atoms with Crippen LogP contribution in [0.4, 0.5) is 13.2 Å². The van der Waals surface area contributed by atoms with Crippen LogP contribution in [0, 0.1) is 3.57 Å². The molecule has 1 aromatic rings. The zero-order valence-corrected chi connectivity index (χ0v) is 11.0. The Hall–Kier alpha value is -0.300. The normalized spacial score (nSPS) is 13.6. The number of carbonyl (C=O) groups is 1. The van der Waals surface area contributed by atoms with Gasteiger partial charge in [-0.1, -0.05) is 0 Å². The molecule has 0 radical (unpaired) electrons. The Balaban J connectivity index is 3.25. The van der Waals surface area contributed by atoms with Crippen LogP contribution in [0.2, 0.25) is 0 Å². The molecule has 0 aliphatic carbocycles. The van der Waals surface area contributed by atoms with Crippen LogP contribution in [0.15, 0.2) is 18.2 Å². The summed E-state index contributed by atoms with van der Waals surface area (Å²) in [5, 5.41) is -0.836. The Labute approximate surface area is 109 Å². The van der Waals surface area contributed by atoms with Gasteiger partial charge in [-0.15, -0.1) is 11.6 Å². The monoisotopic (exact) mass is 362 g/mol. The molecule has 16 heavy (non-hydrogen) atoms. The van der Waals surface area contributed by atoms with Gasteiger partial charge < -0.3 is 0 Å². The summed E-state index contributed by atoms with van der Waals surface area (Å²) < 4.78 is 37.7. The van der Waals surface area contributed by atoms with Gasteiger partial charge in [0.25, 0.3) is 0 Å². The van der Waals surface area contributed by atoms with Crippen LogP contribution < -0.4 is 0 Å². The van der Waals surface area contributed by atoms with Crippen LogP contribution in [0.25, 0.3) is 0 Å². The molecule has 0 spiro atoms. The lowest BCUT2D eigenvalue weighted by Crippen LogP contribution is -2.14. The highest BCUT2D eigenvalue weighted by molar-refractivity contribution is 14.1. The Morgan fingerprint density at radius 3 is 2.44 bits per heavy atom. The summed E-state index contributed by atoms with van der Waals surface area (Å²) in [4.78, 5) is 11.5. The topological polar surface area (TPSA) is 17.1 Å². The average Bonchev–Trinajstić information content (AvgIpc) is 2.15. The van der Waals surface area contributed by atoms with Gasteiger partial charge in [0.05, 0.1) is 10.9 Å². The largest absolute Gasteiger partial charge is 0.416 e. The Morgan fingerprint density at radius 1 is 1.44 bits per heavy atom. The van der Waals surface area contributed by atoms with Crippen molar-refractivity contribution < 1.29 is 18.0 Å². The maximum Gasteiger partial charge on any atom is 0.416 e. The predicted octanol–water partition coefficient (Wildman–Crippen LogP) is 4.12. The van der Waals surface area contributed by atoms with Crippen molar-refractivity contribution in [2.24, 2.45) is 0 Å². The van der Waals surface area contributed by atoms with Gasteiger partial charge in [-0.2, -0.15) is 13.2 Å². The van der Waals surface area contributed by atoms with E-state index in [0.717, 1.165) is 12.1 Å². The van der Waals surface area contributed by atoms with Crippen LogP contribution in [0.5, 0.6) is 0 Å². The highest BCUT2D eigenvalue weighted by atomic mass is 127. The minimum absolute atomic E-state index is 0.0120. The molecule has 1 atom stereocenters. The number of alkyl halides is 4. The first kappa shape index (κ1) is 13.8. The summed E-state index contributed by atoms with van der Waals surface area (Å²) in [6.45, 7) is 1.43. The molecule has 0 saturated carbocycles. The van der Waals surface area contributed by atoms with Crippen LogP contribution in [0.1, 0.15) is 22.8 Å². The molecule has 0 amide bonds. The predicted molar refractivity (Wildman–Crippen MR) is 63.8 cm³/mol. The fourth-order valence-electron chi connectivity index (χ4n) is 1.10. The van der Waals surface area contributed by atoms with Crippen LogP contribution >= 0.6 is 34.2 Å². The van der Waals surface area contributed by atoms with Crippen LogP contribution in [-0.4, -0.2) is 11.2 Å². The minimum Gasteiger partial charge on any atom is -0.292 e. The number of hydrogen-bond donors (Lipinski definition) is 0. The molecule has 0 aromatic heterocycles. The smallest absolute Gasteiger partial charge is 0.292 e. The van der Waals surface area contributed by atoms with Crippen molar-refractivity contribution in [3.63, 3.8) is 0 Å². The molecule has 1 aromatic carbocycles. The molecule has 6 heteroatoms. The van der Waals surface area contributed by atoms with E-state index < -0.39 is 22.9 Å². The average molecular weight is 363 g/mol. The molecular formula is C10H7ClF3IO. The van der Waals surface area contributed by atoms with Gasteiger partial charge in [-0.25, -0.2) is 0 Å². The van der Waals surface area contributed by atoms with Crippen molar-refractivity contribution in [1.82, 2.24) is 0 Å². The second-order valence-corrected chi connectivity index (χ2v) is 4.99. The van der Waals surface area contributed by atoms with E-state index in [9.17, 15) is 18.0 Å². The van der Waals surface area contributed by atoms with Gasteiger partial charge in [-0.3, -0.25) is 4.79 Å². The molecule has 0 saturated heterocycles. The molecule has 1 nitrogen and oxygen atoms in total. The molecule has 0 aliphatic heterocycles. The summed E-state index contributed by atoms with van der Waals surface area (Å²) >= 11 is 7.37. The van der Waals surface area contributed by atoms with Crippen molar-refractivity contribution >= 4 is 40.0 Å². The van der Waals surface area contributed by atoms with Crippen molar-refractivity contribution in [2.75, 3.05) is 0 Å². The first-order chi connectivity index (χ1) is 7.23. The third-order valence-corrected chi connectivity index (χ3v) is 3.06.